The lowest BCUT2D eigenvalue weighted by Gasteiger charge is -2.23. The Morgan fingerprint density at radius 2 is 2.28 bits per heavy atom. The Bertz CT molecular complexity index is 486. The molecule has 1 amide bonds. The molecule has 1 aliphatic heterocycles. The van der Waals surface area contributed by atoms with Crippen molar-refractivity contribution in [2.75, 3.05) is 13.2 Å². The fourth-order valence-corrected chi connectivity index (χ4v) is 1.71. The molecule has 6 nitrogen and oxygen atoms in total. The molecule has 0 bridgehead atoms. The Hall–Kier alpha value is -2.02. The van der Waals surface area contributed by atoms with Crippen LogP contribution < -0.4 is 5.32 Å². The van der Waals surface area contributed by atoms with Crippen molar-refractivity contribution in [2.24, 2.45) is 0 Å². The van der Waals surface area contributed by atoms with Crippen molar-refractivity contribution in [1.82, 2.24) is 10.3 Å². The first kappa shape index (κ1) is 12.4. The number of halogens is 1. The van der Waals surface area contributed by atoms with Gasteiger partial charge in [-0.05, 0) is 6.07 Å². The van der Waals surface area contributed by atoms with Crippen LogP contribution >= 0.6 is 0 Å². The van der Waals surface area contributed by atoms with Gasteiger partial charge in [-0.15, -0.1) is 0 Å². The van der Waals surface area contributed by atoms with Crippen LogP contribution in [0.5, 0.6) is 0 Å². The van der Waals surface area contributed by atoms with Gasteiger partial charge in [-0.25, -0.2) is 9.18 Å². The second-order valence-corrected chi connectivity index (χ2v) is 4.04. The topological polar surface area (TPSA) is 88.5 Å². The average molecular weight is 254 g/mol. The summed E-state index contributed by atoms with van der Waals surface area (Å²) < 4.78 is 17.9. The maximum Gasteiger partial charge on any atom is 0.331 e. The summed E-state index contributed by atoms with van der Waals surface area (Å²) in [6, 6.07) is 0.994. The zero-order valence-electron chi connectivity index (χ0n) is 9.35. The molecule has 1 aliphatic rings. The molecule has 2 heterocycles. The number of pyridine rings is 1. The van der Waals surface area contributed by atoms with E-state index in [1.165, 1.54) is 6.20 Å². The Labute approximate surface area is 102 Å². The molecule has 0 saturated carbocycles. The van der Waals surface area contributed by atoms with E-state index >= 15 is 0 Å². The molecular weight excluding hydrogens is 243 g/mol. The van der Waals surface area contributed by atoms with Crippen LogP contribution in [0, 0.1) is 5.82 Å². The molecule has 1 unspecified atom stereocenters. The third kappa shape index (κ3) is 2.30. The number of carboxylic acids is 1. The molecule has 96 valence electrons. The highest BCUT2D eigenvalue weighted by molar-refractivity contribution is 5.97. The summed E-state index contributed by atoms with van der Waals surface area (Å²) in [6.45, 7) is 0.158. The molecule has 1 fully saturated rings. The maximum absolute atomic E-state index is 12.9. The maximum atomic E-state index is 12.9. The van der Waals surface area contributed by atoms with Gasteiger partial charge in [0.1, 0.15) is 5.82 Å². The number of nitrogens with one attached hydrogen (secondary N) is 1. The minimum atomic E-state index is -1.44. The molecule has 2 N–H and O–H groups in total. The van der Waals surface area contributed by atoms with Crippen LogP contribution in [0.1, 0.15) is 16.8 Å². The van der Waals surface area contributed by atoms with Crippen molar-refractivity contribution in [2.45, 2.75) is 12.0 Å². The van der Waals surface area contributed by atoms with Gasteiger partial charge in [0.15, 0.2) is 5.54 Å². The van der Waals surface area contributed by atoms with Gasteiger partial charge in [0.2, 0.25) is 0 Å². The molecule has 1 saturated heterocycles. The van der Waals surface area contributed by atoms with Crippen LogP contribution in [0.15, 0.2) is 18.5 Å². The van der Waals surface area contributed by atoms with Gasteiger partial charge in [-0.2, -0.15) is 0 Å². The van der Waals surface area contributed by atoms with E-state index in [4.69, 9.17) is 9.84 Å². The van der Waals surface area contributed by atoms with Crippen molar-refractivity contribution in [3.63, 3.8) is 0 Å². The summed E-state index contributed by atoms with van der Waals surface area (Å²) in [5, 5.41) is 11.5. The van der Waals surface area contributed by atoms with Crippen molar-refractivity contribution in [3.8, 4) is 0 Å². The first-order valence-corrected chi connectivity index (χ1v) is 5.28. The molecule has 2 rings (SSSR count). The lowest BCUT2D eigenvalue weighted by atomic mass is 9.98. The van der Waals surface area contributed by atoms with Crippen LogP contribution in [-0.2, 0) is 9.53 Å². The standard InChI is InChI=1S/C11H11FN2O4/c12-8-3-7(4-13-5-8)9(15)14-11(10(16)17)1-2-18-6-11/h3-5H,1-2,6H2,(H,14,15)(H,16,17). The number of carbonyl (C=O) groups is 2. The fraction of sp³-hybridized carbons (Fsp3) is 0.364. The molecule has 0 aromatic carbocycles. The van der Waals surface area contributed by atoms with Gasteiger partial charge in [-0.3, -0.25) is 9.78 Å². The van der Waals surface area contributed by atoms with Crippen LogP contribution in [-0.4, -0.2) is 40.7 Å². The molecule has 1 atom stereocenters. The number of ether oxygens (including phenoxy) is 1. The zero-order valence-corrected chi connectivity index (χ0v) is 9.35. The predicted molar refractivity (Wildman–Crippen MR) is 57.5 cm³/mol. The number of carbonyl (C=O) groups excluding carboxylic acids is 1. The zero-order chi connectivity index (χ0) is 13.2. The Morgan fingerprint density at radius 1 is 1.50 bits per heavy atom. The summed E-state index contributed by atoms with van der Waals surface area (Å²) in [7, 11) is 0. The number of rotatable bonds is 3. The monoisotopic (exact) mass is 254 g/mol. The minimum Gasteiger partial charge on any atom is -0.479 e. The van der Waals surface area contributed by atoms with E-state index in [9.17, 15) is 14.0 Å². The van der Waals surface area contributed by atoms with Crippen molar-refractivity contribution in [1.29, 1.82) is 0 Å². The summed E-state index contributed by atoms with van der Waals surface area (Å²) in [5.74, 6) is -2.51. The lowest BCUT2D eigenvalue weighted by molar-refractivity contribution is -0.144. The Kier molecular flexibility index (Phi) is 3.24. The van der Waals surface area contributed by atoms with Crippen molar-refractivity contribution in [3.05, 3.63) is 29.8 Å². The molecular formula is C11H11FN2O4. The highest BCUT2D eigenvalue weighted by atomic mass is 19.1. The first-order valence-electron chi connectivity index (χ1n) is 5.28. The van der Waals surface area contributed by atoms with E-state index in [-0.39, 0.29) is 25.2 Å². The van der Waals surface area contributed by atoms with Crippen LogP contribution in [0.2, 0.25) is 0 Å². The largest absolute Gasteiger partial charge is 0.479 e. The summed E-state index contributed by atoms with van der Waals surface area (Å²) >= 11 is 0. The number of hydrogen-bond donors (Lipinski definition) is 2. The van der Waals surface area contributed by atoms with Crippen molar-refractivity contribution < 1.29 is 23.8 Å². The van der Waals surface area contributed by atoms with E-state index in [1.807, 2.05) is 0 Å². The molecule has 18 heavy (non-hydrogen) atoms. The number of aliphatic carboxylic acids is 1. The predicted octanol–water partition coefficient (Wildman–Crippen LogP) is 0.194. The molecule has 0 radical (unpaired) electrons. The number of carboxylic acid groups (broad SMARTS) is 1. The third-order valence-corrected chi connectivity index (χ3v) is 2.75. The second kappa shape index (κ2) is 4.69. The highest BCUT2D eigenvalue weighted by Crippen LogP contribution is 2.19. The summed E-state index contributed by atoms with van der Waals surface area (Å²) in [5.41, 5.74) is -1.47. The Morgan fingerprint density at radius 3 is 2.83 bits per heavy atom. The second-order valence-electron chi connectivity index (χ2n) is 4.04. The number of aromatic nitrogens is 1. The van der Waals surface area contributed by atoms with Gasteiger partial charge in [-0.1, -0.05) is 0 Å². The molecule has 1 aromatic rings. The summed E-state index contributed by atoms with van der Waals surface area (Å²) in [6.07, 6.45) is 2.31. The van der Waals surface area contributed by atoms with Crippen LogP contribution in [0.4, 0.5) is 4.39 Å². The Balaban J connectivity index is 2.18. The number of amides is 1. The van der Waals surface area contributed by atoms with E-state index in [0.29, 0.717) is 0 Å². The average Bonchev–Trinajstić information content (AvgIpc) is 2.79. The minimum absolute atomic E-state index is 0.0254. The number of hydrogen-bond acceptors (Lipinski definition) is 4. The van der Waals surface area contributed by atoms with Gasteiger partial charge < -0.3 is 15.2 Å². The number of nitrogens with zero attached hydrogens (tertiary/aromatic N) is 1. The normalized spacial score (nSPS) is 22.7. The molecule has 7 heteroatoms. The molecule has 1 aromatic heterocycles. The van der Waals surface area contributed by atoms with Gasteiger partial charge >= 0.3 is 5.97 Å². The van der Waals surface area contributed by atoms with E-state index in [1.54, 1.807) is 0 Å². The summed E-state index contributed by atoms with van der Waals surface area (Å²) in [4.78, 5) is 26.5. The SMILES string of the molecule is O=C(NC1(C(=O)O)CCOC1)c1cncc(F)c1. The third-order valence-electron chi connectivity index (χ3n) is 2.75. The molecule has 0 spiro atoms. The van der Waals surface area contributed by atoms with E-state index in [0.717, 1.165) is 12.3 Å². The van der Waals surface area contributed by atoms with Crippen LogP contribution in [0.3, 0.4) is 0 Å². The van der Waals surface area contributed by atoms with E-state index in [2.05, 4.69) is 10.3 Å². The van der Waals surface area contributed by atoms with Gasteiger partial charge in [0, 0.05) is 19.2 Å². The molecule has 0 aliphatic carbocycles. The lowest BCUT2D eigenvalue weighted by Crippen LogP contribution is -2.55. The van der Waals surface area contributed by atoms with Crippen LogP contribution in [0.25, 0.3) is 0 Å². The van der Waals surface area contributed by atoms with Gasteiger partial charge in [0.25, 0.3) is 5.91 Å². The van der Waals surface area contributed by atoms with E-state index < -0.39 is 23.2 Å². The highest BCUT2D eigenvalue weighted by Gasteiger charge is 2.44. The van der Waals surface area contributed by atoms with Gasteiger partial charge in [0.05, 0.1) is 18.4 Å². The quantitative estimate of drug-likeness (QED) is 0.804. The smallest absolute Gasteiger partial charge is 0.331 e. The first-order chi connectivity index (χ1) is 8.53. The van der Waals surface area contributed by atoms with Crippen molar-refractivity contribution >= 4 is 11.9 Å². The fourth-order valence-electron chi connectivity index (χ4n) is 1.71.